The van der Waals surface area contributed by atoms with E-state index >= 15 is 0 Å². The number of aromatic nitrogens is 1. The molecule has 0 aliphatic carbocycles. The van der Waals surface area contributed by atoms with Crippen LogP contribution in [0, 0.1) is 0 Å². The predicted octanol–water partition coefficient (Wildman–Crippen LogP) is 4.56. The van der Waals surface area contributed by atoms with Gasteiger partial charge in [0.2, 0.25) is 0 Å². The molecule has 1 aromatic heterocycles. The standard InChI is InChI=1S/C22H23N3O3S2/c1-3-16(2)24-22(26)17-9-14-21(23-15-17)29-19-12-10-18(11-13-19)25-30(27,28)20-7-5-4-6-8-20/h4-16,25H,3H2,1-2H3,(H,24,26). The number of hydrogen-bond donors (Lipinski definition) is 2. The zero-order valence-electron chi connectivity index (χ0n) is 16.7. The van der Waals surface area contributed by atoms with Crippen molar-refractivity contribution in [3.05, 3.63) is 78.5 Å². The summed E-state index contributed by atoms with van der Waals surface area (Å²) in [6.45, 7) is 3.97. The fourth-order valence-corrected chi connectivity index (χ4v) is 4.34. The van der Waals surface area contributed by atoms with Gasteiger partial charge in [-0.3, -0.25) is 9.52 Å². The first-order valence-electron chi connectivity index (χ1n) is 9.50. The molecule has 1 unspecified atom stereocenters. The number of anilines is 1. The van der Waals surface area contributed by atoms with E-state index in [1.165, 1.54) is 11.8 Å². The van der Waals surface area contributed by atoms with Gasteiger partial charge in [0.15, 0.2) is 0 Å². The summed E-state index contributed by atoms with van der Waals surface area (Å²) in [5, 5.41) is 3.65. The molecule has 1 heterocycles. The van der Waals surface area contributed by atoms with E-state index in [4.69, 9.17) is 0 Å². The van der Waals surface area contributed by atoms with E-state index < -0.39 is 10.0 Å². The van der Waals surface area contributed by atoms with Crippen LogP contribution in [0.1, 0.15) is 30.6 Å². The van der Waals surface area contributed by atoms with Gasteiger partial charge >= 0.3 is 0 Å². The maximum absolute atomic E-state index is 12.4. The molecule has 0 aliphatic heterocycles. The summed E-state index contributed by atoms with van der Waals surface area (Å²) in [4.78, 5) is 17.6. The summed E-state index contributed by atoms with van der Waals surface area (Å²) in [6, 6.07) is 18.9. The van der Waals surface area contributed by atoms with Gasteiger partial charge in [-0.2, -0.15) is 0 Å². The van der Waals surface area contributed by atoms with Crippen molar-refractivity contribution in [2.24, 2.45) is 0 Å². The second kappa shape index (κ2) is 9.77. The van der Waals surface area contributed by atoms with Crippen LogP contribution in [0.5, 0.6) is 0 Å². The number of pyridine rings is 1. The van der Waals surface area contributed by atoms with Gasteiger partial charge in [0.05, 0.1) is 10.5 Å². The van der Waals surface area contributed by atoms with E-state index in [1.807, 2.05) is 26.0 Å². The summed E-state index contributed by atoms with van der Waals surface area (Å²) < 4.78 is 27.4. The van der Waals surface area contributed by atoms with Crippen molar-refractivity contribution in [3.8, 4) is 0 Å². The first-order valence-corrected chi connectivity index (χ1v) is 11.8. The third kappa shape index (κ3) is 5.84. The lowest BCUT2D eigenvalue weighted by Gasteiger charge is -2.11. The van der Waals surface area contributed by atoms with Crippen molar-refractivity contribution in [2.45, 2.75) is 41.1 Å². The minimum absolute atomic E-state index is 0.115. The van der Waals surface area contributed by atoms with Crippen molar-refractivity contribution in [1.82, 2.24) is 10.3 Å². The highest BCUT2D eigenvalue weighted by atomic mass is 32.2. The van der Waals surface area contributed by atoms with E-state index in [9.17, 15) is 13.2 Å². The molecule has 156 valence electrons. The molecular weight excluding hydrogens is 418 g/mol. The zero-order chi connectivity index (χ0) is 21.6. The third-order valence-electron chi connectivity index (χ3n) is 4.37. The maximum atomic E-state index is 12.4. The highest BCUT2D eigenvalue weighted by Crippen LogP contribution is 2.27. The van der Waals surface area contributed by atoms with Crippen LogP contribution >= 0.6 is 11.8 Å². The molecular formula is C22H23N3O3S2. The molecule has 0 radical (unpaired) electrons. The third-order valence-corrected chi connectivity index (χ3v) is 6.73. The fourth-order valence-electron chi connectivity index (χ4n) is 2.51. The predicted molar refractivity (Wildman–Crippen MR) is 119 cm³/mol. The topological polar surface area (TPSA) is 88.2 Å². The van der Waals surface area contributed by atoms with Gasteiger partial charge < -0.3 is 5.32 Å². The number of nitrogens with one attached hydrogen (secondary N) is 2. The lowest BCUT2D eigenvalue weighted by Crippen LogP contribution is -2.31. The number of nitrogens with zero attached hydrogens (tertiary/aromatic N) is 1. The van der Waals surface area contributed by atoms with Crippen LogP contribution in [-0.2, 0) is 10.0 Å². The average Bonchev–Trinajstić information content (AvgIpc) is 2.76. The molecule has 6 nitrogen and oxygen atoms in total. The van der Waals surface area contributed by atoms with Crippen LogP contribution in [-0.4, -0.2) is 25.4 Å². The zero-order valence-corrected chi connectivity index (χ0v) is 18.3. The maximum Gasteiger partial charge on any atom is 0.261 e. The number of hydrogen-bond acceptors (Lipinski definition) is 5. The normalized spacial score (nSPS) is 12.2. The van der Waals surface area contributed by atoms with E-state index in [-0.39, 0.29) is 16.8 Å². The van der Waals surface area contributed by atoms with Crippen molar-refractivity contribution in [3.63, 3.8) is 0 Å². The first-order chi connectivity index (χ1) is 14.4. The van der Waals surface area contributed by atoms with Crippen LogP contribution in [0.2, 0.25) is 0 Å². The van der Waals surface area contributed by atoms with Crippen LogP contribution in [0.4, 0.5) is 5.69 Å². The molecule has 3 aromatic rings. The smallest absolute Gasteiger partial charge is 0.261 e. The Hall–Kier alpha value is -2.84. The largest absolute Gasteiger partial charge is 0.350 e. The Labute approximate surface area is 181 Å². The van der Waals surface area contributed by atoms with Crippen LogP contribution < -0.4 is 10.0 Å². The molecule has 1 atom stereocenters. The molecule has 30 heavy (non-hydrogen) atoms. The highest BCUT2D eigenvalue weighted by molar-refractivity contribution is 7.99. The van der Waals surface area contributed by atoms with E-state index in [1.54, 1.807) is 60.8 Å². The Morgan fingerprint density at radius 1 is 1.03 bits per heavy atom. The Kier molecular flexibility index (Phi) is 7.12. The minimum Gasteiger partial charge on any atom is -0.350 e. The van der Waals surface area contributed by atoms with Gasteiger partial charge in [-0.25, -0.2) is 13.4 Å². The van der Waals surface area contributed by atoms with Gasteiger partial charge in [-0.1, -0.05) is 36.9 Å². The van der Waals surface area contributed by atoms with Gasteiger partial charge in [-0.05, 0) is 61.9 Å². The summed E-state index contributed by atoms with van der Waals surface area (Å²) in [5.41, 5.74) is 0.999. The number of rotatable bonds is 8. The number of sulfonamides is 1. The Bertz CT molecular complexity index is 1080. The van der Waals surface area contributed by atoms with Gasteiger partial charge in [0.25, 0.3) is 15.9 Å². The van der Waals surface area contributed by atoms with Crippen LogP contribution in [0.25, 0.3) is 0 Å². The summed E-state index contributed by atoms with van der Waals surface area (Å²) in [7, 11) is -3.62. The second-order valence-electron chi connectivity index (χ2n) is 6.71. The molecule has 0 fully saturated rings. The lowest BCUT2D eigenvalue weighted by atomic mass is 10.2. The van der Waals surface area contributed by atoms with Crippen molar-refractivity contribution >= 4 is 33.4 Å². The number of amides is 1. The van der Waals surface area contributed by atoms with Gasteiger partial charge in [0, 0.05) is 22.8 Å². The van der Waals surface area contributed by atoms with E-state index in [0.717, 1.165) is 16.3 Å². The first kappa shape index (κ1) is 21.9. The average molecular weight is 442 g/mol. The van der Waals surface area contributed by atoms with Crippen molar-refractivity contribution in [2.75, 3.05) is 4.72 Å². The minimum atomic E-state index is -3.62. The monoisotopic (exact) mass is 441 g/mol. The van der Waals surface area contributed by atoms with Gasteiger partial charge in [0.1, 0.15) is 5.03 Å². The van der Waals surface area contributed by atoms with Crippen LogP contribution in [0.3, 0.4) is 0 Å². The highest BCUT2D eigenvalue weighted by Gasteiger charge is 2.13. The number of carbonyl (C=O) groups excluding carboxylic acids is 1. The van der Waals surface area contributed by atoms with Crippen LogP contribution in [0.15, 0.2) is 87.7 Å². The van der Waals surface area contributed by atoms with Crippen molar-refractivity contribution < 1.29 is 13.2 Å². The molecule has 8 heteroatoms. The Balaban J connectivity index is 1.62. The number of benzene rings is 2. The molecule has 0 spiro atoms. The Morgan fingerprint density at radius 3 is 2.33 bits per heavy atom. The molecule has 0 saturated heterocycles. The van der Waals surface area contributed by atoms with Crippen molar-refractivity contribution in [1.29, 1.82) is 0 Å². The van der Waals surface area contributed by atoms with E-state index in [0.29, 0.717) is 11.3 Å². The molecule has 1 amide bonds. The van der Waals surface area contributed by atoms with Gasteiger partial charge in [-0.15, -0.1) is 0 Å². The summed E-state index contributed by atoms with van der Waals surface area (Å²) in [5.74, 6) is -0.136. The molecule has 0 bridgehead atoms. The molecule has 0 aliphatic rings. The molecule has 0 saturated carbocycles. The molecule has 2 N–H and O–H groups in total. The summed E-state index contributed by atoms with van der Waals surface area (Å²) in [6.07, 6.45) is 2.42. The second-order valence-corrected chi connectivity index (χ2v) is 9.49. The fraction of sp³-hybridized carbons (Fsp3) is 0.182. The summed E-state index contributed by atoms with van der Waals surface area (Å²) >= 11 is 1.43. The molecule has 2 aromatic carbocycles. The SMILES string of the molecule is CCC(C)NC(=O)c1ccc(Sc2ccc(NS(=O)(=O)c3ccccc3)cc2)nc1. The van der Waals surface area contributed by atoms with E-state index in [2.05, 4.69) is 15.0 Å². The molecule has 3 rings (SSSR count). The lowest BCUT2D eigenvalue weighted by molar-refractivity contribution is 0.0939. The number of carbonyl (C=O) groups is 1. The Morgan fingerprint density at radius 2 is 1.73 bits per heavy atom. The quantitative estimate of drug-likeness (QED) is 0.535.